The minimum Gasteiger partial charge on any atom is -0.480 e. The molecular formula is C23H27N3O3. The van der Waals surface area contributed by atoms with E-state index in [9.17, 15) is 9.59 Å². The molecule has 6 nitrogen and oxygen atoms in total. The molecule has 29 heavy (non-hydrogen) atoms. The number of hydrogen-bond donors (Lipinski definition) is 2. The average Bonchev–Trinajstić information content (AvgIpc) is 3.18. The first kappa shape index (κ1) is 19.3. The first-order valence-electron chi connectivity index (χ1n) is 10.2. The molecule has 0 aliphatic carbocycles. The van der Waals surface area contributed by atoms with Crippen molar-refractivity contribution < 1.29 is 14.3 Å². The Bertz CT molecular complexity index is 856. The Kier molecular flexibility index (Phi) is 5.69. The summed E-state index contributed by atoms with van der Waals surface area (Å²) in [6, 6.07) is 15.3. The minimum absolute atomic E-state index is 0.0509. The number of nitrogens with one attached hydrogen (secondary N) is 2. The summed E-state index contributed by atoms with van der Waals surface area (Å²) in [6.45, 7) is 3.96. The lowest BCUT2D eigenvalue weighted by Gasteiger charge is -2.34. The molecule has 2 aromatic carbocycles. The van der Waals surface area contributed by atoms with Gasteiger partial charge < -0.3 is 20.3 Å². The molecule has 2 aliphatic rings. The van der Waals surface area contributed by atoms with E-state index in [2.05, 4.69) is 10.6 Å². The van der Waals surface area contributed by atoms with Gasteiger partial charge in [0.15, 0.2) is 6.10 Å². The summed E-state index contributed by atoms with van der Waals surface area (Å²) in [5, 5.41) is 5.79. The third kappa shape index (κ3) is 4.70. The Labute approximate surface area is 171 Å². The van der Waals surface area contributed by atoms with E-state index in [0.29, 0.717) is 19.5 Å². The lowest BCUT2D eigenvalue weighted by Crippen LogP contribution is -2.48. The molecule has 152 valence electrons. The number of piperidine rings is 1. The highest BCUT2D eigenvalue weighted by atomic mass is 16.5. The van der Waals surface area contributed by atoms with E-state index in [1.165, 1.54) is 0 Å². The number of hydrogen-bond acceptors (Lipinski definition) is 3. The van der Waals surface area contributed by atoms with Crippen LogP contribution in [0.2, 0.25) is 0 Å². The van der Waals surface area contributed by atoms with Crippen LogP contribution in [0.4, 0.5) is 10.5 Å². The average molecular weight is 393 g/mol. The van der Waals surface area contributed by atoms with Crippen LogP contribution in [0.15, 0.2) is 48.5 Å². The number of nitrogens with zero attached hydrogens (tertiary/aromatic N) is 1. The molecule has 6 heteroatoms. The molecular weight excluding hydrogens is 366 g/mol. The van der Waals surface area contributed by atoms with Crippen LogP contribution in [0.1, 0.15) is 24.0 Å². The second-order valence-corrected chi connectivity index (χ2v) is 7.91. The smallest absolute Gasteiger partial charge is 0.319 e. The standard InChI is InChI=1S/C23H27N3O3/c1-16-8-10-19(11-9-16)25-23(28)24-14-17-5-4-12-26(15-17)22(27)21-13-18-6-2-3-7-20(18)29-21/h2-3,6-11,17,21H,4-5,12-15H2,1H3,(H2,24,25,28). The number of aryl methyl sites for hydroxylation is 1. The second-order valence-electron chi connectivity index (χ2n) is 7.91. The van der Waals surface area contributed by atoms with Gasteiger partial charge in [0.2, 0.25) is 0 Å². The van der Waals surface area contributed by atoms with E-state index in [1.807, 2.05) is 60.4 Å². The van der Waals surface area contributed by atoms with Crippen LogP contribution in [-0.2, 0) is 11.2 Å². The first-order chi connectivity index (χ1) is 14.1. The topological polar surface area (TPSA) is 70.7 Å². The number of carbonyl (C=O) groups excluding carboxylic acids is 2. The number of amides is 3. The molecule has 1 saturated heterocycles. The number of anilines is 1. The van der Waals surface area contributed by atoms with Gasteiger partial charge in [0.1, 0.15) is 5.75 Å². The Morgan fingerprint density at radius 2 is 1.93 bits per heavy atom. The van der Waals surface area contributed by atoms with E-state index in [4.69, 9.17) is 4.74 Å². The zero-order valence-corrected chi connectivity index (χ0v) is 16.7. The molecule has 2 unspecified atom stereocenters. The Morgan fingerprint density at radius 3 is 2.72 bits per heavy atom. The number of urea groups is 1. The van der Waals surface area contributed by atoms with Gasteiger partial charge in [-0.25, -0.2) is 4.79 Å². The summed E-state index contributed by atoms with van der Waals surface area (Å²) >= 11 is 0. The summed E-state index contributed by atoms with van der Waals surface area (Å²) in [7, 11) is 0. The molecule has 0 spiro atoms. The van der Waals surface area contributed by atoms with Crippen molar-refractivity contribution in [3.05, 3.63) is 59.7 Å². The van der Waals surface area contributed by atoms with Gasteiger partial charge in [-0.3, -0.25) is 4.79 Å². The minimum atomic E-state index is -0.427. The van der Waals surface area contributed by atoms with Crippen LogP contribution in [0, 0.1) is 12.8 Å². The maximum atomic E-state index is 12.9. The van der Waals surface area contributed by atoms with Crippen molar-refractivity contribution >= 4 is 17.6 Å². The highest BCUT2D eigenvalue weighted by Gasteiger charge is 2.34. The number of para-hydroxylation sites is 1. The Morgan fingerprint density at radius 1 is 1.14 bits per heavy atom. The van der Waals surface area contributed by atoms with Crippen molar-refractivity contribution in [1.82, 2.24) is 10.2 Å². The van der Waals surface area contributed by atoms with E-state index in [0.717, 1.165) is 42.0 Å². The van der Waals surface area contributed by atoms with Crippen molar-refractivity contribution in [3.8, 4) is 5.75 Å². The Hall–Kier alpha value is -3.02. The van der Waals surface area contributed by atoms with Gasteiger partial charge in [-0.1, -0.05) is 35.9 Å². The van der Waals surface area contributed by atoms with Gasteiger partial charge in [-0.15, -0.1) is 0 Å². The van der Waals surface area contributed by atoms with E-state index >= 15 is 0 Å². The summed E-state index contributed by atoms with van der Waals surface area (Å²) in [5.41, 5.74) is 3.01. The summed E-state index contributed by atoms with van der Waals surface area (Å²) in [5.74, 6) is 1.11. The number of likely N-dealkylation sites (tertiary alicyclic amines) is 1. The predicted molar refractivity (Wildman–Crippen MR) is 112 cm³/mol. The monoisotopic (exact) mass is 393 g/mol. The van der Waals surface area contributed by atoms with Crippen molar-refractivity contribution in [2.45, 2.75) is 32.3 Å². The Balaban J connectivity index is 1.26. The molecule has 2 aromatic rings. The zero-order valence-electron chi connectivity index (χ0n) is 16.7. The molecule has 0 aromatic heterocycles. The van der Waals surface area contributed by atoms with Crippen LogP contribution < -0.4 is 15.4 Å². The second kappa shape index (κ2) is 8.55. The van der Waals surface area contributed by atoms with Gasteiger partial charge in [0.05, 0.1) is 0 Å². The van der Waals surface area contributed by atoms with E-state index in [-0.39, 0.29) is 17.9 Å². The van der Waals surface area contributed by atoms with Crippen molar-refractivity contribution in [2.75, 3.05) is 25.0 Å². The van der Waals surface area contributed by atoms with E-state index < -0.39 is 6.10 Å². The van der Waals surface area contributed by atoms with Gasteiger partial charge in [-0.2, -0.15) is 0 Å². The number of ether oxygens (including phenoxy) is 1. The first-order valence-corrected chi connectivity index (χ1v) is 10.2. The van der Waals surface area contributed by atoms with Crippen molar-refractivity contribution in [2.24, 2.45) is 5.92 Å². The van der Waals surface area contributed by atoms with Crippen LogP contribution in [0.25, 0.3) is 0 Å². The maximum absolute atomic E-state index is 12.9. The molecule has 2 heterocycles. The van der Waals surface area contributed by atoms with E-state index in [1.54, 1.807) is 0 Å². The largest absolute Gasteiger partial charge is 0.480 e. The molecule has 3 amide bonds. The maximum Gasteiger partial charge on any atom is 0.319 e. The van der Waals surface area contributed by atoms with Crippen LogP contribution in [0.5, 0.6) is 5.75 Å². The van der Waals surface area contributed by atoms with Crippen LogP contribution in [-0.4, -0.2) is 42.6 Å². The zero-order chi connectivity index (χ0) is 20.2. The molecule has 2 N–H and O–H groups in total. The van der Waals surface area contributed by atoms with Crippen LogP contribution in [0.3, 0.4) is 0 Å². The summed E-state index contributed by atoms with van der Waals surface area (Å²) in [6.07, 6.45) is 2.15. The molecule has 2 atom stereocenters. The van der Waals surface area contributed by atoms with Crippen LogP contribution >= 0.6 is 0 Å². The lowest BCUT2D eigenvalue weighted by molar-refractivity contribution is -0.139. The SMILES string of the molecule is Cc1ccc(NC(=O)NCC2CCCN(C(=O)C3Cc4ccccc4O3)C2)cc1. The summed E-state index contributed by atoms with van der Waals surface area (Å²) < 4.78 is 5.86. The molecule has 0 bridgehead atoms. The van der Waals surface area contributed by atoms with Gasteiger partial charge in [0, 0.05) is 31.7 Å². The predicted octanol–water partition coefficient (Wildman–Crippen LogP) is 3.36. The molecule has 1 fully saturated rings. The quantitative estimate of drug-likeness (QED) is 0.837. The lowest BCUT2D eigenvalue weighted by atomic mass is 9.97. The molecule has 0 saturated carbocycles. The normalized spacial score (nSPS) is 20.5. The summed E-state index contributed by atoms with van der Waals surface area (Å²) in [4.78, 5) is 27.0. The molecule has 0 radical (unpaired) electrons. The fourth-order valence-corrected chi connectivity index (χ4v) is 4.00. The third-order valence-corrected chi connectivity index (χ3v) is 5.61. The molecule has 4 rings (SSSR count). The van der Waals surface area contributed by atoms with Crippen molar-refractivity contribution in [3.63, 3.8) is 0 Å². The molecule has 2 aliphatic heterocycles. The van der Waals surface area contributed by atoms with Gasteiger partial charge >= 0.3 is 6.03 Å². The van der Waals surface area contributed by atoms with Gasteiger partial charge in [-0.05, 0) is 49.4 Å². The van der Waals surface area contributed by atoms with Crippen molar-refractivity contribution in [1.29, 1.82) is 0 Å². The van der Waals surface area contributed by atoms with Gasteiger partial charge in [0.25, 0.3) is 5.91 Å². The fraction of sp³-hybridized carbons (Fsp3) is 0.391. The number of rotatable bonds is 4. The third-order valence-electron chi connectivity index (χ3n) is 5.61. The number of carbonyl (C=O) groups is 2. The number of fused-ring (bicyclic) bond motifs is 1. The number of benzene rings is 2. The highest BCUT2D eigenvalue weighted by Crippen LogP contribution is 2.29. The fourth-order valence-electron chi connectivity index (χ4n) is 4.00. The highest BCUT2D eigenvalue weighted by molar-refractivity contribution is 5.89.